The fourth-order valence-electron chi connectivity index (χ4n) is 2.18. The maximum atomic E-state index is 10.2. The number of aliphatic hydroxyl groups is 1. The molecule has 106 valence electrons. The molecule has 3 heteroatoms. The summed E-state index contributed by atoms with van der Waals surface area (Å²) < 4.78 is 5.14. The monoisotopic (exact) mass is 271 g/mol. The van der Waals surface area contributed by atoms with E-state index in [1.165, 1.54) is 5.56 Å². The summed E-state index contributed by atoms with van der Waals surface area (Å²) in [5.74, 6) is 0.862. The average molecular weight is 271 g/mol. The Labute approximate surface area is 120 Å². The second kappa shape index (κ2) is 7.08. The summed E-state index contributed by atoms with van der Waals surface area (Å²) >= 11 is 0. The van der Waals surface area contributed by atoms with Gasteiger partial charge in [-0.2, -0.15) is 0 Å². The third kappa shape index (κ3) is 4.08. The van der Waals surface area contributed by atoms with Gasteiger partial charge in [0.25, 0.3) is 0 Å². The van der Waals surface area contributed by atoms with Gasteiger partial charge in [-0.15, -0.1) is 0 Å². The average Bonchev–Trinajstić information content (AvgIpc) is 2.49. The minimum absolute atomic E-state index is 0.459. The molecule has 1 N–H and O–H groups in total. The minimum Gasteiger partial charge on any atom is -0.497 e. The first-order valence-electron chi connectivity index (χ1n) is 6.73. The summed E-state index contributed by atoms with van der Waals surface area (Å²) in [5, 5.41) is 10.2. The predicted octanol–water partition coefficient (Wildman–Crippen LogP) is 2.86. The second-order valence-corrected chi connectivity index (χ2v) is 4.97. The summed E-state index contributed by atoms with van der Waals surface area (Å²) in [6.45, 7) is 1.41. The van der Waals surface area contributed by atoms with Gasteiger partial charge in [-0.25, -0.2) is 0 Å². The summed E-state index contributed by atoms with van der Waals surface area (Å²) in [6, 6.07) is 17.8. The third-order valence-corrected chi connectivity index (χ3v) is 3.28. The van der Waals surface area contributed by atoms with Crippen molar-refractivity contribution in [3.05, 3.63) is 65.7 Å². The predicted molar refractivity (Wildman–Crippen MR) is 80.7 cm³/mol. The van der Waals surface area contributed by atoms with Gasteiger partial charge in [-0.1, -0.05) is 42.5 Å². The second-order valence-electron chi connectivity index (χ2n) is 4.97. The Morgan fingerprint density at radius 2 is 1.70 bits per heavy atom. The van der Waals surface area contributed by atoms with E-state index in [1.807, 2.05) is 61.6 Å². The highest BCUT2D eigenvalue weighted by Crippen LogP contribution is 2.16. The smallest absolute Gasteiger partial charge is 0.118 e. The molecule has 0 radical (unpaired) electrons. The number of hydrogen-bond acceptors (Lipinski definition) is 3. The third-order valence-electron chi connectivity index (χ3n) is 3.28. The highest BCUT2D eigenvalue weighted by molar-refractivity contribution is 5.27. The van der Waals surface area contributed by atoms with Crippen molar-refractivity contribution in [2.75, 3.05) is 20.7 Å². The van der Waals surface area contributed by atoms with E-state index < -0.39 is 6.10 Å². The minimum atomic E-state index is -0.459. The molecule has 2 aromatic rings. The molecule has 0 aliphatic carbocycles. The fourth-order valence-corrected chi connectivity index (χ4v) is 2.18. The molecular weight excluding hydrogens is 250 g/mol. The maximum Gasteiger partial charge on any atom is 0.118 e. The summed E-state index contributed by atoms with van der Waals surface area (Å²) in [4.78, 5) is 2.11. The normalized spacial score (nSPS) is 12.4. The van der Waals surface area contributed by atoms with E-state index in [0.717, 1.165) is 17.9 Å². The topological polar surface area (TPSA) is 32.7 Å². The van der Waals surface area contributed by atoms with Crippen LogP contribution in [-0.4, -0.2) is 30.7 Å². The number of rotatable bonds is 6. The molecule has 0 bridgehead atoms. The van der Waals surface area contributed by atoms with Crippen molar-refractivity contribution >= 4 is 0 Å². The van der Waals surface area contributed by atoms with Crippen LogP contribution >= 0.6 is 0 Å². The van der Waals surface area contributed by atoms with E-state index >= 15 is 0 Å². The lowest BCUT2D eigenvalue weighted by Crippen LogP contribution is -2.24. The van der Waals surface area contributed by atoms with E-state index in [1.54, 1.807) is 7.11 Å². The van der Waals surface area contributed by atoms with Crippen LogP contribution in [0.25, 0.3) is 0 Å². The Morgan fingerprint density at radius 1 is 1.05 bits per heavy atom. The van der Waals surface area contributed by atoms with Crippen molar-refractivity contribution in [3.63, 3.8) is 0 Å². The molecule has 0 unspecified atom stereocenters. The van der Waals surface area contributed by atoms with E-state index in [4.69, 9.17) is 4.74 Å². The lowest BCUT2D eigenvalue weighted by atomic mass is 10.1. The molecule has 2 rings (SSSR count). The lowest BCUT2D eigenvalue weighted by Gasteiger charge is -2.21. The molecule has 20 heavy (non-hydrogen) atoms. The standard InChI is InChI=1S/C17H21NO2/c1-18(12-14-8-10-16(20-2)11-9-14)13-17(19)15-6-4-3-5-7-15/h3-11,17,19H,12-13H2,1-2H3/t17-/m1/s1. The zero-order valence-electron chi connectivity index (χ0n) is 12.0. The van der Waals surface area contributed by atoms with Crippen LogP contribution in [0.3, 0.4) is 0 Å². The number of hydrogen-bond donors (Lipinski definition) is 1. The summed E-state index contributed by atoms with van der Waals surface area (Å²) in [5.41, 5.74) is 2.16. The molecule has 0 aliphatic rings. The number of methoxy groups -OCH3 is 1. The van der Waals surface area contributed by atoms with Crippen molar-refractivity contribution in [3.8, 4) is 5.75 Å². The van der Waals surface area contributed by atoms with Crippen LogP contribution < -0.4 is 4.74 Å². The van der Waals surface area contributed by atoms with Gasteiger partial charge in [0.2, 0.25) is 0 Å². The Kier molecular flexibility index (Phi) is 5.16. The van der Waals surface area contributed by atoms with E-state index in [2.05, 4.69) is 4.90 Å². The number of benzene rings is 2. The molecule has 3 nitrogen and oxygen atoms in total. The number of nitrogens with zero attached hydrogens (tertiary/aromatic N) is 1. The van der Waals surface area contributed by atoms with Gasteiger partial charge in [-0.05, 0) is 30.3 Å². The highest BCUT2D eigenvalue weighted by Gasteiger charge is 2.10. The molecule has 2 aromatic carbocycles. The molecule has 0 amide bonds. The van der Waals surface area contributed by atoms with Gasteiger partial charge in [0.15, 0.2) is 0 Å². The fraction of sp³-hybridized carbons (Fsp3) is 0.294. The Hall–Kier alpha value is -1.84. The van der Waals surface area contributed by atoms with E-state index in [-0.39, 0.29) is 0 Å². The Morgan fingerprint density at radius 3 is 2.30 bits per heavy atom. The molecule has 1 atom stereocenters. The van der Waals surface area contributed by atoms with E-state index in [9.17, 15) is 5.11 Å². The van der Waals surface area contributed by atoms with Crippen LogP contribution in [0.5, 0.6) is 5.75 Å². The zero-order chi connectivity index (χ0) is 14.4. The largest absolute Gasteiger partial charge is 0.497 e. The quantitative estimate of drug-likeness (QED) is 0.877. The van der Waals surface area contributed by atoms with Gasteiger partial charge < -0.3 is 9.84 Å². The van der Waals surface area contributed by atoms with Gasteiger partial charge in [0.1, 0.15) is 5.75 Å². The first kappa shape index (κ1) is 14.6. The zero-order valence-corrected chi connectivity index (χ0v) is 12.0. The van der Waals surface area contributed by atoms with Crippen LogP contribution in [0.4, 0.5) is 0 Å². The molecule has 0 saturated carbocycles. The van der Waals surface area contributed by atoms with Gasteiger partial charge in [0, 0.05) is 13.1 Å². The number of aliphatic hydroxyl groups excluding tert-OH is 1. The molecular formula is C17H21NO2. The van der Waals surface area contributed by atoms with Crippen LogP contribution in [0.1, 0.15) is 17.2 Å². The number of ether oxygens (including phenoxy) is 1. The van der Waals surface area contributed by atoms with E-state index in [0.29, 0.717) is 6.54 Å². The molecule has 0 aliphatic heterocycles. The molecule has 0 spiro atoms. The van der Waals surface area contributed by atoms with Gasteiger partial charge >= 0.3 is 0 Å². The van der Waals surface area contributed by atoms with Crippen molar-refractivity contribution in [1.29, 1.82) is 0 Å². The van der Waals surface area contributed by atoms with Gasteiger partial charge in [-0.3, -0.25) is 4.90 Å². The molecule has 0 fully saturated rings. The van der Waals surface area contributed by atoms with Gasteiger partial charge in [0.05, 0.1) is 13.2 Å². The van der Waals surface area contributed by atoms with Crippen molar-refractivity contribution in [2.45, 2.75) is 12.6 Å². The van der Waals surface area contributed by atoms with Crippen LogP contribution in [0.2, 0.25) is 0 Å². The van der Waals surface area contributed by atoms with Crippen molar-refractivity contribution in [1.82, 2.24) is 4.90 Å². The molecule has 0 saturated heterocycles. The summed E-state index contributed by atoms with van der Waals surface area (Å²) in [7, 11) is 3.67. The number of likely N-dealkylation sites (N-methyl/N-ethyl adjacent to an activating group) is 1. The SMILES string of the molecule is COc1ccc(CN(C)C[C@@H](O)c2ccccc2)cc1. The van der Waals surface area contributed by atoms with Crippen LogP contribution in [-0.2, 0) is 6.54 Å². The summed E-state index contributed by atoms with van der Waals surface area (Å²) in [6.07, 6.45) is -0.459. The molecule has 0 heterocycles. The first-order valence-corrected chi connectivity index (χ1v) is 6.73. The first-order chi connectivity index (χ1) is 9.69. The Balaban J connectivity index is 1.90. The molecule has 0 aromatic heterocycles. The Bertz CT molecular complexity index is 510. The maximum absolute atomic E-state index is 10.2. The van der Waals surface area contributed by atoms with Crippen molar-refractivity contribution < 1.29 is 9.84 Å². The lowest BCUT2D eigenvalue weighted by molar-refractivity contribution is 0.124. The van der Waals surface area contributed by atoms with Crippen LogP contribution in [0, 0.1) is 0 Å². The van der Waals surface area contributed by atoms with Crippen molar-refractivity contribution in [2.24, 2.45) is 0 Å². The van der Waals surface area contributed by atoms with Crippen LogP contribution in [0.15, 0.2) is 54.6 Å². The highest BCUT2D eigenvalue weighted by atomic mass is 16.5.